The van der Waals surface area contributed by atoms with E-state index in [2.05, 4.69) is 217 Å². The molecule has 3 aliphatic carbocycles. The second-order valence-corrected chi connectivity index (χ2v) is 35.1. The Labute approximate surface area is 803 Å². The molecule has 0 unspecified atom stereocenters. The van der Waals surface area contributed by atoms with Crippen LogP contribution in [0.2, 0.25) is 0 Å². The lowest BCUT2D eigenvalue weighted by molar-refractivity contribution is 0.101. The highest BCUT2D eigenvalue weighted by molar-refractivity contribution is 6.09. The van der Waals surface area contributed by atoms with Crippen LogP contribution < -0.4 is 40.8 Å². The topological polar surface area (TPSA) is 394 Å². The van der Waals surface area contributed by atoms with Gasteiger partial charge >= 0.3 is 0 Å². The average molecular weight is 1830 g/mol. The molecule has 0 bridgehead atoms. The van der Waals surface area contributed by atoms with Gasteiger partial charge in [-0.25, -0.2) is 9.97 Å². The lowest BCUT2D eigenvalue weighted by Crippen LogP contribution is -2.06. The smallest absolute Gasteiger partial charge is 0.248 e. The van der Waals surface area contributed by atoms with Crippen LogP contribution in [0.1, 0.15) is 155 Å². The van der Waals surface area contributed by atoms with Crippen LogP contribution in [0.3, 0.4) is 0 Å². The number of aryl methyl sites for hydroxylation is 2. The van der Waals surface area contributed by atoms with Gasteiger partial charge < -0.3 is 60.3 Å². The van der Waals surface area contributed by atoms with Crippen LogP contribution in [0.15, 0.2) is 286 Å². The van der Waals surface area contributed by atoms with Gasteiger partial charge in [-0.3, -0.25) is 19.7 Å². The maximum Gasteiger partial charge on any atom is 0.248 e. The second-order valence-electron chi connectivity index (χ2n) is 35.1. The molecule has 10 aromatic carbocycles. The number of nitriles is 4. The number of nitrogens with zero attached hydrogens (tertiary/aromatic N) is 16. The first-order chi connectivity index (χ1) is 68.6. The van der Waals surface area contributed by atoms with Crippen molar-refractivity contribution in [2.75, 3.05) is 26.6 Å². The summed E-state index contributed by atoms with van der Waals surface area (Å²) in [6.45, 7) is 10.6. The molecule has 28 heteroatoms. The number of fused-ring (bicyclic) bond motifs is 8. The van der Waals surface area contributed by atoms with Crippen LogP contribution in [0.5, 0.6) is 34.9 Å². The zero-order valence-electron chi connectivity index (χ0n) is 76.7. The number of carbonyl (C=O) groups excluding carboxylic acids is 1. The number of aromatic amines is 3. The van der Waals surface area contributed by atoms with Crippen molar-refractivity contribution in [3.05, 3.63) is 353 Å². The third-order valence-corrected chi connectivity index (χ3v) is 25.0. The predicted octanol–water partition coefficient (Wildman–Crippen LogP) is 26.3. The van der Waals surface area contributed by atoms with E-state index in [0.29, 0.717) is 133 Å². The van der Waals surface area contributed by atoms with Crippen molar-refractivity contribution in [1.82, 2.24) is 74.3 Å². The first kappa shape index (κ1) is 87.8. The number of H-pyrrole nitrogens is 3. The summed E-state index contributed by atoms with van der Waals surface area (Å²) < 4.78 is 21.4. The quantitative estimate of drug-likeness (QED) is 0.0276. The molecule has 11 aromatic heterocycles. The predicted molar refractivity (Wildman–Crippen MR) is 545 cm³/mol. The van der Waals surface area contributed by atoms with Gasteiger partial charge in [-0.05, 0) is 290 Å². The maximum atomic E-state index is 12.0. The number of carbonyl (C=O) groups is 1. The van der Waals surface area contributed by atoms with Crippen LogP contribution >= 0.6 is 0 Å². The van der Waals surface area contributed by atoms with Crippen molar-refractivity contribution >= 4 is 151 Å². The van der Waals surface area contributed by atoms with Crippen molar-refractivity contribution in [3.8, 4) is 59.2 Å². The average Bonchev–Trinajstić information content (AvgIpc) is 1.56. The molecule has 21 aromatic rings. The van der Waals surface area contributed by atoms with E-state index in [1.165, 1.54) is 83.9 Å². The molecule has 0 atom stereocenters. The molecule has 0 amide bonds. The molecule has 0 radical (unpaired) electrons. The standard InChI is InChI=1S/C34H28N6.C28H24N6O.C26H20N6O.C24H16N6O2/c1-22-20-40(21-24-7-3-2-4-8-24)32-31(22)38-34(36-26-15-11-23(19-35)12-16-26)39-33(32)37-30-18-17-27(25-13-14-25)28-9-5-6-10-29(28)30;1-16(2)22-15-31-26-25(22)27(34-28(33-26)32-19-7-3-17(13-29)4-8-19)35-24-10-9-20(18-5-6-18)21-11-12-30-14-23(21)24;1-15-14-29-24-22(15)25(32-26(31-24)30-18-8-4-16(13-27)5-9-18)33-21-11-10-19(17-6-7-17)20-3-2-12-28-23(20)21;1-14(31)17-6-7-21(19-13-26-10-8-18(17)19)32-23-22-20(9-11-27-22)29-24(30-23)28-16-4-2-15(12-25)3-5-16/h2-12,15-18,20,25H,13-14,21H2,1H3,(H2,36,37,38,39);3-4,7-12,14-16,18H,5-6H2,1-2H3,(H2,31,32,33,34);2-5,8-12,14,17H,6-7H2,1H3,(H2,29,30,31,32);2-11,13,27H,1H3,(H,28,29,30). The van der Waals surface area contributed by atoms with Gasteiger partial charge in [0.2, 0.25) is 41.4 Å². The fourth-order valence-corrected chi connectivity index (χ4v) is 17.6. The van der Waals surface area contributed by atoms with Gasteiger partial charge in [-0.2, -0.15) is 51.0 Å². The van der Waals surface area contributed by atoms with Crippen molar-refractivity contribution < 1.29 is 19.0 Å². The monoisotopic (exact) mass is 1830 g/mol. The Morgan fingerprint density at radius 3 is 1.49 bits per heavy atom. The van der Waals surface area contributed by atoms with Gasteiger partial charge in [0, 0.05) is 118 Å². The Morgan fingerprint density at radius 2 is 0.907 bits per heavy atom. The Morgan fingerprint density at radius 1 is 0.429 bits per heavy atom. The van der Waals surface area contributed by atoms with E-state index in [1.807, 2.05) is 98.4 Å². The number of ether oxygens (including phenoxy) is 3. The molecule has 0 spiro atoms. The van der Waals surface area contributed by atoms with Crippen molar-refractivity contribution in [2.45, 2.75) is 103 Å². The summed E-state index contributed by atoms with van der Waals surface area (Å²) in [4.78, 5) is 72.6. The van der Waals surface area contributed by atoms with Gasteiger partial charge in [0.15, 0.2) is 17.4 Å². The summed E-state index contributed by atoms with van der Waals surface area (Å²) in [6, 6.07) is 82.2. The van der Waals surface area contributed by atoms with Gasteiger partial charge in [0.05, 0.1) is 68.3 Å². The first-order valence-corrected chi connectivity index (χ1v) is 46.1. The molecule has 140 heavy (non-hydrogen) atoms. The summed E-state index contributed by atoms with van der Waals surface area (Å²) >= 11 is 0. The maximum absolute atomic E-state index is 12.0. The summed E-state index contributed by atoms with van der Waals surface area (Å²) in [5, 5.41) is 61.8. The fraction of sp³-hybridized carbons (Fsp3) is 0.143. The largest absolute Gasteiger partial charge is 0.437 e. The van der Waals surface area contributed by atoms with Crippen LogP contribution in [-0.4, -0.2) is 80.1 Å². The van der Waals surface area contributed by atoms with Crippen molar-refractivity contribution in [3.63, 3.8) is 0 Å². The highest BCUT2D eigenvalue weighted by Gasteiger charge is 2.31. The number of rotatable bonds is 23. The van der Waals surface area contributed by atoms with E-state index in [1.54, 1.807) is 104 Å². The highest BCUT2D eigenvalue weighted by Crippen LogP contribution is 2.50. The zero-order chi connectivity index (χ0) is 95.4. The molecule has 8 N–H and O–H groups in total. The van der Waals surface area contributed by atoms with E-state index < -0.39 is 0 Å². The first-order valence-electron chi connectivity index (χ1n) is 46.1. The third-order valence-electron chi connectivity index (χ3n) is 25.0. The number of nitrogens with one attached hydrogen (secondary N) is 8. The van der Waals surface area contributed by atoms with Crippen molar-refractivity contribution in [1.29, 1.82) is 21.0 Å². The Hall–Kier alpha value is -18.8. The lowest BCUT2D eigenvalue weighted by Gasteiger charge is -2.16. The molecule has 3 aliphatic rings. The minimum atomic E-state index is -0.0320. The Kier molecular flexibility index (Phi) is 24.0. The summed E-state index contributed by atoms with van der Waals surface area (Å²) in [5.74, 6) is 7.73. The molecular weight excluding hydrogens is 1750 g/mol. The summed E-state index contributed by atoms with van der Waals surface area (Å²) in [7, 11) is 0. The molecule has 0 saturated heterocycles. The number of Topliss-reactive ketones (excluding diaryl/α,β-unsaturated/α-hetero) is 1. The molecule has 0 aliphatic heterocycles. The molecule has 11 heterocycles. The Bertz CT molecular complexity index is 8530. The van der Waals surface area contributed by atoms with Crippen LogP contribution in [0.25, 0.3) is 87.4 Å². The summed E-state index contributed by atoms with van der Waals surface area (Å²) in [6.07, 6.45) is 24.0. The van der Waals surface area contributed by atoms with E-state index >= 15 is 0 Å². The van der Waals surface area contributed by atoms with E-state index in [-0.39, 0.29) is 11.7 Å². The van der Waals surface area contributed by atoms with Gasteiger partial charge in [0.25, 0.3) is 0 Å². The van der Waals surface area contributed by atoms with E-state index in [0.717, 1.165) is 100 Å². The van der Waals surface area contributed by atoms with Gasteiger partial charge in [-0.1, -0.05) is 92.7 Å². The van der Waals surface area contributed by atoms with E-state index in [9.17, 15) is 10.1 Å². The Balaban J connectivity index is 0.000000111. The van der Waals surface area contributed by atoms with Crippen LogP contribution in [0, 0.1) is 59.2 Å². The number of anilines is 10. The number of hydrogen-bond acceptors (Lipinski definition) is 24. The third kappa shape index (κ3) is 18.7. The number of benzene rings is 10. The number of pyridine rings is 3. The molecule has 28 nitrogen and oxygen atoms in total. The van der Waals surface area contributed by atoms with E-state index in [4.69, 9.17) is 49.9 Å². The van der Waals surface area contributed by atoms with Crippen LogP contribution in [-0.2, 0) is 6.54 Å². The second kappa shape index (κ2) is 38.3. The van der Waals surface area contributed by atoms with Crippen LogP contribution in [0.4, 0.5) is 58.0 Å². The molecule has 24 rings (SSSR count). The lowest BCUT2D eigenvalue weighted by atomic mass is 9.99. The molecular formula is C112H88N24O4. The number of aromatic nitrogens is 15. The SMILES string of the molecule is CC(=O)c1ccc(Oc2nc(Nc3ccc(C#N)cc3)nc3cc[nH]c23)c2cnccc12.CC(C)c1c[nH]c2nc(Nc3ccc(C#N)cc3)nc(Oc3ccc(C4CC4)c4ccncc34)c12.Cc1c[nH]c2nc(Nc3ccc(C#N)cc3)nc(Oc3ccc(C4CC4)c4cccnc34)c12.Cc1cn(Cc2ccccc2)c2c(Nc3ccc(C4CC4)c4ccccc34)nc(Nc3ccc(C#N)cc3)nc12. The molecule has 680 valence electrons. The molecule has 3 saturated carbocycles. The minimum absolute atomic E-state index is 0.0320. The molecule has 3 fully saturated rings. The summed E-state index contributed by atoms with van der Waals surface area (Å²) in [5.41, 5.74) is 21.0. The van der Waals surface area contributed by atoms with Gasteiger partial charge in [0.1, 0.15) is 39.3 Å². The minimum Gasteiger partial charge on any atom is -0.437 e. The number of ketones is 1. The fourth-order valence-electron chi connectivity index (χ4n) is 17.6. The van der Waals surface area contributed by atoms with Crippen molar-refractivity contribution in [2.24, 2.45) is 0 Å². The van der Waals surface area contributed by atoms with Gasteiger partial charge in [-0.15, -0.1) is 0 Å². The normalized spacial score (nSPS) is 12.6. The zero-order valence-corrected chi connectivity index (χ0v) is 76.7. The highest BCUT2D eigenvalue weighted by atomic mass is 16.5. The number of hydrogen-bond donors (Lipinski definition) is 8.